The van der Waals surface area contributed by atoms with Crippen molar-refractivity contribution in [3.8, 4) is 5.75 Å². The van der Waals surface area contributed by atoms with Gasteiger partial charge in [0.05, 0.1) is 17.4 Å². The molecule has 1 aliphatic heterocycles. The lowest BCUT2D eigenvalue weighted by atomic mass is 9.86. The van der Waals surface area contributed by atoms with Crippen molar-refractivity contribution in [2.45, 2.75) is 77.1 Å². The second-order valence-electron chi connectivity index (χ2n) is 9.84. The summed E-state index contributed by atoms with van der Waals surface area (Å²) in [5, 5.41) is 10.1. The first-order valence-electron chi connectivity index (χ1n) is 12.5. The van der Waals surface area contributed by atoms with Crippen molar-refractivity contribution in [1.82, 2.24) is 4.90 Å². The molecule has 0 radical (unpaired) electrons. The molecule has 2 unspecified atom stereocenters. The summed E-state index contributed by atoms with van der Waals surface area (Å²) in [7, 11) is 0. The van der Waals surface area contributed by atoms with E-state index in [9.17, 15) is 22.8 Å². The van der Waals surface area contributed by atoms with Crippen LogP contribution in [0.3, 0.4) is 0 Å². The number of nitrogens with one attached hydrogen (secondary N) is 1. The van der Waals surface area contributed by atoms with Crippen molar-refractivity contribution < 1.29 is 37.4 Å². The molecule has 12 heteroatoms. The first-order valence-corrected chi connectivity index (χ1v) is 12.5. The highest BCUT2D eigenvalue weighted by Gasteiger charge is 2.38. The van der Waals surface area contributed by atoms with E-state index >= 15 is 0 Å². The Hall–Kier alpha value is -3.02. The molecule has 1 saturated heterocycles. The highest BCUT2D eigenvalue weighted by Crippen LogP contribution is 2.33. The van der Waals surface area contributed by atoms with Crippen LogP contribution in [-0.2, 0) is 4.79 Å². The Balaban J connectivity index is 0.000000604. The predicted octanol–water partition coefficient (Wildman–Crippen LogP) is 4.36. The summed E-state index contributed by atoms with van der Waals surface area (Å²) in [5.74, 6) is -1.94. The van der Waals surface area contributed by atoms with E-state index in [4.69, 9.17) is 26.1 Å². The first kappa shape index (κ1) is 30.2. The van der Waals surface area contributed by atoms with E-state index in [2.05, 4.69) is 5.32 Å². The number of halogens is 3. The van der Waals surface area contributed by atoms with Gasteiger partial charge in [-0.1, -0.05) is 18.9 Å². The molecule has 208 valence electrons. The van der Waals surface area contributed by atoms with E-state index in [1.807, 2.05) is 18.7 Å². The van der Waals surface area contributed by atoms with E-state index in [1.165, 1.54) is 25.7 Å². The first-order chi connectivity index (χ1) is 17.3. The SMILES string of the molecule is CC(C)Oc1c(NC(=O)N2CCCC(CC(N)C3CCCC3)C2)cccc1C(N)=O.O=C(O)C(F)(F)F. The molecule has 2 fully saturated rings. The lowest BCUT2D eigenvalue weighted by Gasteiger charge is -2.35. The van der Waals surface area contributed by atoms with Crippen LogP contribution in [0.15, 0.2) is 18.2 Å². The topological polar surface area (TPSA) is 148 Å². The Labute approximate surface area is 214 Å². The molecule has 2 aliphatic rings. The number of anilines is 1. The fraction of sp³-hybridized carbons (Fsp3) is 0.640. The van der Waals surface area contributed by atoms with Gasteiger partial charge in [-0.3, -0.25) is 4.79 Å². The van der Waals surface area contributed by atoms with Crippen molar-refractivity contribution in [2.24, 2.45) is 23.3 Å². The molecule has 0 bridgehead atoms. The lowest BCUT2D eigenvalue weighted by molar-refractivity contribution is -0.192. The van der Waals surface area contributed by atoms with E-state index in [0.717, 1.165) is 25.8 Å². The standard InChI is InChI=1S/C23H36N4O3.C2HF3O2/c1-15(2)30-21-18(22(25)28)10-5-11-20(21)26-23(29)27-12-6-7-16(14-27)13-19(24)17-8-3-4-9-17;3-2(4,5)1(6)7/h5,10-11,15-17,19H,3-4,6-9,12-14,24H2,1-2H3,(H2,25,28)(H,26,29);(H,6,7). The number of piperidine rings is 1. The summed E-state index contributed by atoms with van der Waals surface area (Å²) in [5.41, 5.74) is 12.7. The summed E-state index contributed by atoms with van der Waals surface area (Å²) in [4.78, 5) is 35.5. The second kappa shape index (κ2) is 13.5. The van der Waals surface area contributed by atoms with Crippen molar-refractivity contribution in [3.05, 3.63) is 23.8 Å². The number of likely N-dealkylation sites (tertiary alicyclic amines) is 1. The molecule has 3 amide bonds. The Kier molecular flexibility index (Phi) is 11.0. The molecule has 1 aliphatic carbocycles. The highest BCUT2D eigenvalue weighted by molar-refractivity contribution is 6.00. The minimum Gasteiger partial charge on any atom is -0.488 e. The van der Waals surface area contributed by atoms with Crippen LogP contribution in [0.4, 0.5) is 23.7 Å². The molecule has 1 aromatic rings. The van der Waals surface area contributed by atoms with Crippen LogP contribution in [0.1, 0.15) is 69.2 Å². The van der Waals surface area contributed by atoms with Crippen LogP contribution in [0.2, 0.25) is 0 Å². The Morgan fingerprint density at radius 2 is 1.78 bits per heavy atom. The molecule has 1 saturated carbocycles. The quantitative estimate of drug-likeness (QED) is 0.412. The maximum absolute atomic E-state index is 13.0. The number of carbonyl (C=O) groups excluding carboxylic acids is 2. The van der Waals surface area contributed by atoms with Crippen LogP contribution in [0.25, 0.3) is 0 Å². The molecule has 37 heavy (non-hydrogen) atoms. The second-order valence-corrected chi connectivity index (χ2v) is 9.84. The average Bonchev–Trinajstić information content (AvgIpc) is 3.35. The van der Waals surface area contributed by atoms with E-state index < -0.39 is 18.1 Å². The number of carboxylic acid groups (broad SMARTS) is 1. The summed E-state index contributed by atoms with van der Waals surface area (Å²) in [6.45, 7) is 5.16. The van der Waals surface area contributed by atoms with Gasteiger partial charge in [-0.25, -0.2) is 9.59 Å². The monoisotopic (exact) mass is 530 g/mol. The average molecular weight is 531 g/mol. The molecule has 1 heterocycles. The number of ether oxygens (including phenoxy) is 1. The van der Waals surface area contributed by atoms with Gasteiger partial charge in [-0.2, -0.15) is 13.2 Å². The van der Waals surface area contributed by atoms with E-state index in [-0.39, 0.29) is 23.7 Å². The van der Waals surface area contributed by atoms with Crippen LogP contribution in [0.5, 0.6) is 5.75 Å². The number of para-hydroxylation sites is 1. The normalized spacial score (nSPS) is 19.1. The third kappa shape index (κ3) is 9.42. The van der Waals surface area contributed by atoms with Gasteiger partial charge in [0.15, 0.2) is 5.75 Å². The van der Waals surface area contributed by atoms with Crippen LogP contribution >= 0.6 is 0 Å². The molecule has 0 aromatic heterocycles. The van der Waals surface area contributed by atoms with Gasteiger partial charge in [0.2, 0.25) is 0 Å². The number of benzene rings is 1. The molecule has 1 aromatic carbocycles. The molecular weight excluding hydrogens is 493 g/mol. The van der Waals surface area contributed by atoms with Crippen LogP contribution in [-0.4, -0.2) is 59.3 Å². The Morgan fingerprint density at radius 3 is 2.32 bits per heavy atom. The zero-order chi connectivity index (χ0) is 27.8. The van der Waals surface area contributed by atoms with Crippen molar-refractivity contribution in [2.75, 3.05) is 18.4 Å². The Morgan fingerprint density at radius 1 is 1.16 bits per heavy atom. The lowest BCUT2D eigenvalue weighted by Crippen LogP contribution is -2.44. The molecule has 3 rings (SSSR count). The number of alkyl halides is 3. The third-order valence-electron chi connectivity index (χ3n) is 6.54. The number of hydrogen-bond acceptors (Lipinski definition) is 5. The van der Waals surface area contributed by atoms with Crippen molar-refractivity contribution >= 4 is 23.6 Å². The number of carboxylic acids is 1. The number of urea groups is 1. The summed E-state index contributed by atoms with van der Waals surface area (Å²) < 4.78 is 37.5. The number of rotatable bonds is 7. The fourth-order valence-corrected chi connectivity index (χ4v) is 4.79. The largest absolute Gasteiger partial charge is 0.490 e. The van der Waals surface area contributed by atoms with Gasteiger partial charge in [0, 0.05) is 19.1 Å². The predicted molar refractivity (Wildman–Crippen MR) is 132 cm³/mol. The highest BCUT2D eigenvalue weighted by atomic mass is 19.4. The van der Waals surface area contributed by atoms with Gasteiger partial charge in [0.1, 0.15) is 0 Å². The van der Waals surface area contributed by atoms with E-state index in [0.29, 0.717) is 29.8 Å². The molecule has 0 spiro atoms. The van der Waals surface area contributed by atoms with Crippen molar-refractivity contribution in [3.63, 3.8) is 0 Å². The number of carbonyl (C=O) groups is 3. The van der Waals surface area contributed by atoms with Gasteiger partial charge < -0.3 is 31.5 Å². The number of aliphatic carboxylic acids is 1. The summed E-state index contributed by atoms with van der Waals surface area (Å²) in [6, 6.07) is 5.10. The molecular formula is C25H37F3N4O5. The van der Waals surface area contributed by atoms with Crippen LogP contribution in [0, 0.1) is 11.8 Å². The fourth-order valence-electron chi connectivity index (χ4n) is 4.79. The van der Waals surface area contributed by atoms with Crippen LogP contribution < -0.4 is 21.5 Å². The molecule has 2 atom stereocenters. The number of nitrogens with two attached hydrogens (primary N) is 2. The number of primary amides is 1. The maximum Gasteiger partial charge on any atom is 0.490 e. The van der Waals surface area contributed by atoms with Crippen molar-refractivity contribution in [1.29, 1.82) is 0 Å². The zero-order valence-electron chi connectivity index (χ0n) is 21.2. The minimum absolute atomic E-state index is 0.155. The van der Waals surface area contributed by atoms with Gasteiger partial charge in [-0.05, 0) is 69.9 Å². The van der Waals surface area contributed by atoms with Gasteiger partial charge >= 0.3 is 18.2 Å². The summed E-state index contributed by atoms with van der Waals surface area (Å²) >= 11 is 0. The Bertz CT molecular complexity index is 935. The molecule has 6 N–H and O–H groups in total. The van der Waals surface area contributed by atoms with Gasteiger partial charge in [-0.15, -0.1) is 0 Å². The zero-order valence-corrected chi connectivity index (χ0v) is 21.2. The number of amides is 3. The number of hydrogen-bond donors (Lipinski definition) is 4. The summed E-state index contributed by atoms with van der Waals surface area (Å²) in [6.07, 6.45) is 2.91. The smallest absolute Gasteiger partial charge is 0.488 e. The van der Waals surface area contributed by atoms with Gasteiger partial charge in [0.25, 0.3) is 5.91 Å². The minimum atomic E-state index is -5.08. The number of nitrogens with zero attached hydrogens (tertiary/aromatic N) is 1. The molecule has 9 nitrogen and oxygen atoms in total. The van der Waals surface area contributed by atoms with E-state index in [1.54, 1.807) is 18.2 Å². The third-order valence-corrected chi connectivity index (χ3v) is 6.54. The maximum atomic E-state index is 13.0.